The van der Waals surface area contributed by atoms with Crippen LogP contribution in [0.2, 0.25) is 0 Å². The first kappa shape index (κ1) is 17.3. The van der Waals surface area contributed by atoms with Crippen LogP contribution in [0.1, 0.15) is 52.9 Å². The predicted molar refractivity (Wildman–Crippen MR) is 82.1 cm³/mol. The van der Waals surface area contributed by atoms with Crippen LogP contribution in [0.25, 0.3) is 0 Å². The molecule has 0 aliphatic carbocycles. The van der Waals surface area contributed by atoms with Crippen molar-refractivity contribution >= 4 is 21.6 Å². The SMILES string of the molecule is CC(C)(C)C1CCCN(S(=O)(=O)CCCCCl)CC1. The first-order valence-corrected chi connectivity index (χ1v) is 9.45. The van der Waals surface area contributed by atoms with Crippen LogP contribution in [-0.4, -0.2) is 37.4 Å². The Morgan fingerprint density at radius 1 is 1.16 bits per heavy atom. The van der Waals surface area contributed by atoms with Gasteiger partial charge in [0, 0.05) is 19.0 Å². The van der Waals surface area contributed by atoms with Crippen LogP contribution in [-0.2, 0) is 10.0 Å². The van der Waals surface area contributed by atoms with Crippen molar-refractivity contribution in [2.45, 2.75) is 52.9 Å². The average molecular weight is 310 g/mol. The molecule has 19 heavy (non-hydrogen) atoms. The maximum Gasteiger partial charge on any atom is 0.214 e. The summed E-state index contributed by atoms with van der Waals surface area (Å²) < 4.78 is 26.2. The lowest BCUT2D eigenvalue weighted by Crippen LogP contribution is -2.34. The van der Waals surface area contributed by atoms with E-state index in [-0.39, 0.29) is 11.2 Å². The number of nitrogens with zero attached hydrogens (tertiary/aromatic N) is 1. The molecule has 1 atom stereocenters. The van der Waals surface area contributed by atoms with Gasteiger partial charge >= 0.3 is 0 Å². The summed E-state index contributed by atoms with van der Waals surface area (Å²) in [5, 5.41) is 0. The second-order valence-electron chi connectivity index (χ2n) is 6.60. The minimum Gasteiger partial charge on any atom is -0.212 e. The minimum absolute atomic E-state index is 0.250. The van der Waals surface area contributed by atoms with Gasteiger partial charge in [0.2, 0.25) is 10.0 Å². The van der Waals surface area contributed by atoms with Gasteiger partial charge in [-0.15, -0.1) is 11.6 Å². The molecule has 0 amide bonds. The van der Waals surface area contributed by atoms with Crippen LogP contribution in [0.15, 0.2) is 0 Å². The number of hydrogen-bond acceptors (Lipinski definition) is 2. The van der Waals surface area contributed by atoms with Crippen LogP contribution >= 0.6 is 11.6 Å². The van der Waals surface area contributed by atoms with Crippen molar-refractivity contribution in [1.82, 2.24) is 4.31 Å². The number of hydrogen-bond donors (Lipinski definition) is 0. The highest BCUT2D eigenvalue weighted by Crippen LogP contribution is 2.34. The Labute approximate surface area is 123 Å². The molecule has 1 rings (SSSR count). The largest absolute Gasteiger partial charge is 0.214 e. The smallest absolute Gasteiger partial charge is 0.212 e. The van der Waals surface area contributed by atoms with E-state index in [4.69, 9.17) is 11.6 Å². The highest BCUT2D eigenvalue weighted by atomic mass is 35.5. The number of unbranched alkanes of at least 4 members (excludes halogenated alkanes) is 1. The van der Waals surface area contributed by atoms with Gasteiger partial charge in [-0.25, -0.2) is 12.7 Å². The fraction of sp³-hybridized carbons (Fsp3) is 1.00. The predicted octanol–water partition coefficient (Wildman–Crippen LogP) is 3.48. The van der Waals surface area contributed by atoms with Gasteiger partial charge in [0.15, 0.2) is 0 Å². The number of halogens is 1. The van der Waals surface area contributed by atoms with Crippen molar-refractivity contribution < 1.29 is 8.42 Å². The Morgan fingerprint density at radius 3 is 2.42 bits per heavy atom. The summed E-state index contributed by atoms with van der Waals surface area (Å²) in [6.45, 7) is 8.13. The third-order valence-corrected chi connectivity index (χ3v) is 6.31. The second kappa shape index (κ2) is 7.28. The van der Waals surface area contributed by atoms with Crippen molar-refractivity contribution in [2.75, 3.05) is 24.7 Å². The lowest BCUT2D eigenvalue weighted by atomic mass is 9.77. The molecule has 0 aromatic carbocycles. The van der Waals surface area contributed by atoms with E-state index in [0.717, 1.165) is 25.7 Å². The van der Waals surface area contributed by atoms with Crippen molar-refractivity contribution in [3.8, 4) is 0 Å². The van der Waals surface area contributed by atoms with Crippen LogP contribution in [0.3, 0.4) is 0 Å². The van der Waals surface area contributed by atoms with Gasteiger partial charge in [-0.05, 0) is 43.4 Å². The van der Waals surface area contributed by atoms with E-state index in [1.165, 1.54) is 0 Å². The van der Waals surface area contributed by atoms with Crippen LogP contribution in [0.5, 0.6) is 0 Å². The summed E-state index contributed by atoms with van der Waals surface area (Å²) in [6.07, 6.45) is 4.55. The topological polar surface area (TPSA) is 37.4 Å². The fourth-order valence-corrected chi connectivity index (χ4v) is 4.53. The van der Waals surface area contributed by atoms with E-state index in [2.05, 4.69) is 20.8 Å². The average Bonchev–Trinajstić information content (AvgIpc) is 2.54. The molecule has 1 fully saturated rings. The van der Waals surface area contributed by atoms with Gasteiger partial charge in [0.05, 0.1) is 5.75 Å². The third-order valence-electron chi connectivity index (χ3n) is 4.09. The Bertz CT molecular complexity index is 362. The van der Waals surface area contributed by atoms with Crippen molar-refractivity contribution in [1.29, 1.82) is 0 Å². The Morgan fingerprint density at radius 2 is 1.84 bits per heavy atom. The van der Waals surface area contributed by atoms with Crippen LogP contribution in [0.4, 0.5) is 0 Å². The molecule has 0 spiro atoms. The normalized spacial score (nSPS) is 23.3. The molecule has 1 heterocycles. The molecule has 0 N–H and O–H groups in total. The first-order valence-electron chi connectivity index (χ1n) is 7.31. The number of sulfonamides is 1. The van der Waals surface area contributed by atoms with Crippen molar-refractivity contribution in [3.05, 3.63) is 0 Å². The van der Waals surface area contributed by atoms with E-state index in [0.29, 0.717) is 31.3 Å². The quantitative estimate of drug-likeness (QED) is 0.576. The lowest BCUT2D eigenvalue weighted by Gasteiger charge is -2.29. The molecule has 1 aliphatic heterocycles. The van der Waals surface area contributed by atoms with Gasteiger partial charge in [0.25, 0.3) is 0 Å². The molecule has 0 bridgehead atoms. The molecular formula is C14H28ClNO2S. The summed E-state index contributed by atoms with van der Waals surface area (Å²) in [6, 6.07) is 0. The fourth-order valence-electron chi connectivity index (χ4n) is 2.72. The highest BCUT2D eigenvalue weighted by Gasteiger charge is 2.30. The van der Waals surface area contributed by atoms with Gasteiger partial charge < -0.3 is 0 Å². The molecule has 0 saturated carbocycles. The standard InChI is InChI=1S/C14H28ClNO2S/c1-14(2,3)13-7-6-10-16(11-8-13)19(17,18)12-5-4-9-15/h13H,4-12H2,1-3H3. The van der Waals surface area contributed by atoms with E-state index >= 15 is 0 Å². The maximum absolute atomic E-state index is 12.3. The summed E-state index contributed by atoms with van der Waals surface area (Å²) in [7, 11) is -3.07. The summed E-state index contributed by atoms with van der Waals surface area (Å²) in [5.74, 6) is 1.41. The Hall–Kier alpha value is 0.200. The lowest BCUT2D eigenvalue weighted by molar-refractivity contribution is 0.217. The summed E-state index contributed by atoms with van der Waals surface area (Å²) in [5.41, 5.74) is 0.276. The van der Waals surface area contributed by atoms with Crippen LogP contribution in [0, 0.1) is 11.3 Å². The zero-order valence-electron chi connectivity index (χ0n) is 12.5. The van der Waals surface area contributed by atoms with E-state index in [1.807, 2.05) is 0 Å². The molecule has 1 unspecified atom stereocenters. The minimum atomic E-state index is -3.07. The monoisotopic (exact) mass is 309 g/mol. The Kier molecular flexibility index (Phi) is 6.61. The van der Waals surface area contributed by atoms with Gasteiger partial charge in [0.1, 0.15) is 0 Å². The molecule has 0 aromatic rings. The van der Waals surface area contributed by atoms with Gasteiger partial charge in [-0.2, -0.15) is 0 Å². The maximum atomic E-state index is 12.3. The highest BCUT2D eigenvalue weighted by molar-refractivity contribution is 7.89. The van der Waals surface area contributed by atoms with Gasteiger partial charge in [-0.1, -0.05) is 20.8 Å². The molecular weight excluding hydrogens is 282 g/mol. The summed E-state index contributed by atoms with van der Waals surface area (Å²) in [4.78, 5) is 0. The van der Waals surface area contributed by atoms with E-state index < -0.39 is 10.0 Å². The zero-order valence-corrected chi connectivity index (χ0v) is 14.1. The number of alkyl halides is 1. The first-order chi connectivity index (χ1) is 8.77. The van der Waals surface area contributed by atoms with Crippen LogP contribution < -0.4 is 0 Å². The third kappa shape index (κ3) is 5.60. The van der Waals surface area contributed by atoms with Gasteiger partial charge in [-0.3, -0.25) is 0 Å². The van der Waals surface area contributed by atoms with Crippen molar-refractivity contribution in [2.24, 2.45) is 11.3 Å². The molecule has 5 heteroatoms. The molecule has 114 valence electrons. The van der Waals surface area contributed by atoms with E-state index in [1.54, 1.807) is 4.31 Å². The zero-order chi connectivity index (χ0) is 14.5. The molecule has 0 radical (unpaired) electrons. The van der Waals surface area contributed by atoms with E-state index in [9.17, 15) is 8.42 Å². The second-order valence-corrected chi connectivity index (χ2v) is 9.07. The molecule has 3 nitrogen and oxygen atoms in total. The molecule has 1 saturated heterocycles. The number of rotatable bonds is 5. The van der Waals surface area contributed by atoms with Crippen molar-refractivity contribution in [3.63, 3.8) is 0 Å². The Balaban J connectivity index is 2.57. The summed E-state index contributed by atoms with van der Waals surface area (Å²) >= 11 is 5.60. The molecule has 1 aliphatic rings. The molecule has 0 aromatic heterocycles.